The van der Waals surface area contributed by atoms with Crippen LogP contribution in [0.2, 0.25) is 0 Å². The van der Waals surface area contributed by atoms with Gasteiger partial charge >= 0.3 is 0 Å². The Morgan fingerprint density at radius 3 is 2.76 bits per heavy atom. The van der Waals surface area contributed by atoms with Crippen LogP contribution in [-0.2, 0) is 0 Å². The second-order valence-corrected chi connectivity index (χ2v) is 5.38. The molecule has 112 valence electrons. The summed E-state index contributed by atoms with van der Waals surface area (Å²) in [5.74, 6) is 0.764. The van der Waals surface area contributed by atoms with Gasteiger partial charge < -0.3 is 10.2 Å². The maximum Gasteiger partial charge on any atom is 0.254 e. The number of nitrogens with one attached hydrogen (secondary N) is 1. The predicted octanol–water partition coefficient (Wildman–Crippen LogP) is 3.54. The molecule has 0 saturated heterocycles. The Labute approximate surface area is 126 Å². The van der Waals surface area contributed by atoms with Gasteiger partial charge in [0.25, 0.3) is 5.91 Å². The summed E-state index contributed by atoms with van der Waals surface area (Å²) < 4.78 is 0. The van der Waals surface area contributed by atoms with Gasteiger partial charge in [0.1, 0.15) is 5.82 Å². The Hall–Kier alpha value is -2.10. The molecule has 0 bridgehead atoms. The number of carbonyl (C=O) groups is 1. The number of nitrogens with zero attached hydrogens (tertiary/aromatic N) is 2. The minimum absolute atomic E-state index is 0.0473. The van der Waals surface area contributed by atoms with Crippen LogP contribution in [0.25, 0.3) is 10.9 Å². The number of benzene rings is 1. The van der Waals surface area contributed by atoms with Gasteiger partial charge in [-0.15, -0.1) is 0 Å². The second kappa shape index (κ2) is 6.57. The van der Waals surface area contributed by atoms with E-state index in [1.165, 1.54) is 0 Å². The van der Waals surface area contributed by atoms with Crippen LogP contribution in [0.3, 0.4) is 0 Å². The average Bonchev–Trinajstić information content (AvgIpc) is 2.52. The molecule has 0 aliphatic rings. The van der Waals surface area contributed by atoms with Crippen molar-refractivity contribution < 1.29 is 4.79 Å². The molecule has 0 radical (unpaired) electrons. The molecule has 0 aliphatic heterocycles. The number of hydrogen-bond donors (Lipinski definition) is 1. The number of pyridine rings is 1. The first kappa shape index (κ1) is 15.3. The van der Waals surface area contributed by atoms with Crippen molar-refractivity contribution >= 4 is 22.6 Å². The van der Waals surface area contributed by atoms with Crippen LogP contribution < -0.4 is 5.32 Å². The lowest BCUT2D eigenvalue weighted by Gasteiger charge is -2.25. The van der Waals surface area contributed by atoms with E-state index in [2.05, 4.69) is 24.1 Å². The molecule has 1 aromatic carbocycles. The maximum absolute atomic E-state index is 12.8. The normalized spacial score (nSPS) is 12.2. The number of anilines is 1. The minimum atomic E-state index is 0.0473. The Morgan fingerprint density at radius 2 is 2.10 bits per heavy atom. The molecular weight excluding hydrogens is 262 g/mol. The topological polar surface area (TPSA) is 45.2 Å². The van der Waals surface area contributed by atoms with Crippen LogP contribution in [0.4, 0.5) is 5.82 Å². The van der Waals surface area contributed by atoms with E-state index in [4.69, 9.17) is 0 Å². The Bertz CT molecular complexity index is 639. The molecular formula is C17H23N3O. The molecule has 1 aromatic heterocycles. The van der Waals surface area contributed by atoms with Crippen LogP contribution in [-0.4, -0.2) is 35.9 Å². The largest absolute Gasteiger partial charge is 0.373 e. The second-order valence-electron chi connectivity index (χ2n) is 5.38. The lowest BCUT2D eigenvalue weighted by atomic mass is 10.1. The van der Waals surface area contributed by atoms with E-state index in [0.29, 0.717) is 11.4 Å². The lowest BCUT2D eigenvalue weighted by Crippen LogP contribution is -2.35. The first-order valence-corrected chi connectivity index (χ1v) is 7.43. The highest BCUT2D eigenvalue weighted by atomic mass is 16.2. The van der Waals surface area contributed by atoms with Crippen LogP contribution >= 0.6 is 0 Å². The Balaban J connectivity index is 2.46. The van der Waals surface area contributed by atoms with E-state index >= 15 is 0 Å². The SMILES string of the molecule is CCCC(C)N(C)C(=O)c1cc(NC)nc2ccccc12. The third kappa shape index (κ3) is 3.15. The van der Waals surface area contributed by atoms with Gasteiger partial charge in [0, 0.05) is 25.5 Å². The zero-order valence-electron chi connectivity index (χ0n) is 13.2. The molecule has 1 atom stereocenters. The van der Waals surface area contributed by atoms with Crippen molar-refractivity contribution in [3.8, 4) is 0 Å². The van der Waals surface area contributed by atoms with Crippen LogP contribution in [0.1, 0.15) is 37.0 Å². The lowest BCUT2D eigenvalue weighted by molar-refractivity contribution is 0.0738. The first-order valence-electron chi connectivity index (χ1n) is 7.43. The minimum Gasteiger partial charge on any atom is -0.373 e. The number of carbonyl (C=O) groups excluding carboxylic acids is 1. The van der Waals surface area contributed by atoms with Gasteiger partial charge in [-0.3, -0.25) is 4.79 Å². The predicted molar refractivity (Wildman–Crippen MR) is 87.8 cm³/mol. The standard InChI is InChI=1S/C17H23N3O/c1-5-8-12(2)20(4)17(21)14-11-16(18-3)19-15-10-7-6-9-13(14)15/h6-7,9-12H,5,8H2,1-4H3,(H,18,19). The molecule has 0 saturated carbocycles. The molecule has 0 aliphatic carbocycles. The molecule has 0 fully saturated rings. The van der Waals surface area contributed by atoms with E-state index in [9.17, 15) is 4.79 Å². The number of para-hydroxylation sites is 1. The van der Waals surface area contributed by atoms with Crippen LogP contribution in [0.5, 0.6) is 0 Å². The maximum atomic E-state index is 12.8. The average molecular weight is 285 g/mol. The zero-order chi connectivity index (χ0) is 15.4. The van der Waals surface area contributed by atoms with Crippen molar-refractivity contribution in [1.29, 1.82) is 0 Å². The van der Waals surface area contributed by atoms with Crippen LogP contribution in [0.15, 0.2) is 30.3 Å². The van der Waals surface area contributed by atoms with Crippen molar-refractivity contribution in [2.45, 2.75) is 32.7 Å². The molecule has 0 spiro atoms. The fourth-order valence-electron chi connectivity index (χ4n) is 2.48. The molecule has 1 unspecified atom stereocenters. The molecule has 21 heavy (non-hydrogen) atoms. The fourth-order valence-corrected chi connectivity index (χ4v) is 2.48. The third-order valence-electron chi connectivity index (χ3n) is 3.89. The third-order valence-corrected chi connectivity index (χ3v) is 3.89. The smallest absolute Gasteiger partial charge is 0.254 e. The molecule has 1 N–H and O–H groups in total. The summed E-state index contributed by atoms with van der Waals surface area (Å²) in [6.45, 7) is 4.22. The number of hydrogen-bond acceptors (Lipinski definition) is 3. The molecule has 1 amide bonds. The molecule has 4 heteroatoms. The quantitative estimate of drug-likeness (QED) is 0.914. The number of aromatic nitrogens is 1. The summed E-state index contributed by atoms with van der Waals surface area (Å²) >= 11 is 0. The summed E-state index contributed by atoms with van der Waals surface area (Å²) in [7, 11) is 3.69. The number of amides is 1. The van der Waals surface area contributed by atoms with Crippen molar-refractivity contribution in [2.75, 3.05) is 19.4 Å². The van der Waals surface area contributed by atoms with E-state index in [1.807, 2.05) is 49.3 Å². The van der Waals surface area contributed by atoms with E-state index in [0.717, 1.165) is 23.7 Å². The highest BCUT2D eigenvalue weighted by Crippen LogP contribution is 2.22. The Kier molecular flexibility index (Phi) is 4.78. The van der Waals surface area contributed by atoms with E-state index in [1.54, 1.807) is 0 Å². The monoisotopic (exact) mass is 285 g/mol. The number of fused-ring (bicyclic) bond motifs is 1. The van der Waals surface area contributed by atoms with Gasteiger partial charge in [0.2, 0.25) is 0 Å². The molecule has 4 nitrogen and oxygen atoms in total. The summed E-state index contributed by atoms with van der Waals surface area (Å²) in [4.78, 5) is 19.1. The summed E-state index contributed by atoms with van der Waals surface area (Å²) in [5, 5.41) is 3.93. The van der Waals surface area contributed by atoms with Gasteiger partial charge in [0.05, 0.1) is 11.1 Å². The van der Waals surface area contributed by atoms with Gasteiger partial charge in [-0.2, -0.15) is 0 Å². The van der Waals surface area contributed by atoms with Crippen LogP contribution in [0, 0.1) is 0 Å². The highest BCUT2D eigenvalue weighted by molar-refractivity contribution is 6.07. The van der Waals surface area contributed by atoms with Crippen molar-refractivity contribution in [3.63, 3.8) is 0 Å². The zero-order valence-corrected chi connectivity index (χ0v) is 13.2. The molecule has 2 rings (SSSR count). The van der Waals surface area contributed by atoms with Gasteiger partial charge in [-0.25, -0.2) is 4.98 Å². The number of rotatable bonds is 5. The highest BCUT2D eigenvalue weighted by Gasteiger charge is 2.20. The first-order chi connectivity index (χ1) is 10.1. The van der Waals surface area contributed by atoms with Crippen molar-refractivity contribution in [1.82, 2.24) is 9.88 Å². The fraction of sp³-hybridized carbons (Fsp3) is 0.412. The van der Waals surface area contributed by atoms with E-state index in [-0.39, 0.29) is 11.9 Å². The summed E-state index contributed by atoms with van der Waals surface area (Å²) in [6, 6.07) is 9.82. The summed E-state index contributed by atoms with van der Waals surface area (Å²) in [5.41, 5.74) is 1.54. The van der Waals surface area contributed by atoms with E-state index < -0.39 is 0 Å². The molecule has 1 heterocycles. The summed E-state index contributed by atoms with van der Waals surface area (Å²) in [6.07, 6.45) is 2.07. The Morgan fingerprint density at radius 1 is 1.38 bits per heavy atom. The molecule has 2 aromatic rings. The van der Waals surface area contributed by atoms with Crippen molar-refractivity contribution in [3.05, 3.63) is 35.9 Å². The van der Waals surface area contributed by atoms with Crippen molar-refractivity contribution in [2.24, 2.45) is 0 Å². The van der Waals surface area contributed by atoms with Gasteiger partial charge in [-0.05, 0) is 25.5 Å². The van der Waals surface area contributed by atoms with Gasteiger partial charge in [0.15, 0.2) is 0 Å². The van der Waals surface area contributed by atoms with Gasteiger partial charge in [-0.1, -0.05) is 31.5 Å².